The summed E-state index contributed by atoms with van der Waals surface area (Å²) in [4.78, 5) is 69.5. The van der Waals surface area contributed by atoms with Gasteiger partial charge in [-0.2, -0.15) is 13.2 Å². The van der Waals surface area contributed by atoms with Crippen molar-refractivity contribution in [2.75, 3.05) is 13.2 Å². The molecule has 1 aromatic rings. The quantitative estimate of drug-likeness (QED) is 0.353. The summed E-state index contributed by atoms with van der Waals surface area (Å²) in [6.07, 6.45) is -4.64. The number of carbonyl (C=O) groups is 5. The Labute approximate surface area is 298 Å². The molecule has 3 fully saturated rings. The van der Waals surface area contributed by atoms with Crippen LogP contribution >= 0.6 is 0 Å². The number of sulfonamides is 1. The molecule has 52 heavy (non-hydrogen) atoms. The molecular weight excluding hydrogens is 711 g/mol. The number of benzene rings is 1. The van der Waals surface area contributed by atoms with Gasteiger partial charge in [0.1, 0.15) is 23.7 Å². The highest BCUT2D eigenvalue weighted by atomic mass is 32.2. The van der Waals surface area contributed by atoms with Gasteiger partial charge in [0.2, 0.25) is 21.8 Å². The average Bonchev–Trinajstić information content (AvgIpc) is 3.96. The molecule has 2 saturated carbocycles. The van der Waals surface area contributed by atoms with Gasteiger partial charge in [-0.25, -0.2) is 18.0 Å². The molecule has 0 aromatic heterocycles. The number of hydrogen-bond acceptors (Lipinski definition) is 9. The first kappa shape index (κ1) is 37.4. The van der Waals surface area contributed by atoms with Gasteiger partial charge in [0, 0.05) is 25.4 Å². The number of hydrogen-bond donors (Lipinski definition) is 3. The standard InChI is InChI=1S/C34H42F3N5O9S/c1-2-22-15-33(22,30(45)40-52(48,49)24-11-12-24)39-28(43)27-14-23-18-42(27)29(44)26(16-34(35,36)37)38-31(46)50-13-6-4-3-5-8-20-9-7-10-21-17-41(19-25(20)21)32(47)51-23/h2,7,9-10,22-24,26-27H,1,3-6,8,11-19H2,(H,38,46)(H,39,43)(H,40,45)/t22-,23-,26+,27+,33-/m1/s1. The molecule has 1 saturated heterocycles. The molecule has 0 radical (unpaired) electrons. The van der Waals surface area contributed by atoms with Gasteiger partial charge in [0.05, 0.1) is 24.8 Å². The summed E-state index contributed by atoms with van der Waals surface area (Å²) in [5.41, 5.74) is 1.28. The third kappa shape index (κ3) is 8.31. The molecule has 0 spiro atoms. The average molecular weight is 754 g/mol. The van der Waals surface area contributed by atoms with Crippen LogP contribution in [0.4, 0.5) is 22.8 Å². The van der Waals surface area contributed by atoms with Crippen LogP contribution in [0.1, 0.15) is 74.5 Å². The van der Waals surface area contributed by atoms with E-state index in [2.05, 4.69) is 11.9 Å². The number of nitrogens with one attached hydrogen (secondary N) is 3. The lowest BCUT2D eigenvalue weighted by Gasteiger charge is -2.30. The van der Waals surface area contributed by atoms with Crippen LogP contribution in [0.2, 0.25) is 0 Å². The maximum Gasteiger partial charge on any atom is 0.410 e. The van der Waals surface area contributed by atoms with E-state index in [1.807, 2.05) is 28.2 Å². The van der Waals surface area contributed by atoms with Crippen molar-refractivity contribution in [2.45, 2.75) is 112 Å². The Hall–Kier alpha value is -4.35. The molecule has 5 atom stereocenters. The first-order valence-corrected chi connectivity index (χ1v) is 19.0. The molecule has 2 aliphatic carbocycles. The first-order valence-electron chi connectivity index (χ1n) is 17.5. The Morgan fingerprint density at radius 2 is 1.81 bits per heavy atom. The molecule has 14 nitrogen and oxygen atoms in total. The van der Waals surface area contributed by atoms with E-state index in [1.165, 1.54) is 11.0 Å². The van der Waals surface area contributed by atoms with E-state index in [-0.39, 0.29) is 32.5 Å². The predicted octanol–water partition coefficient (Wildman–Crippen LogP) is 2.94. The summed E-state index contributed by atoms with van der Waals surface area (Å²) in [6, 6.07) is 2.07. The normalized spacial score (nSPS) is 28.6. The maximum absolute atomic E-state index is 14.0. The number of rotatable bonds is 7. The van der Waals surface area contributed by atoms with Gasteiger partial charge in [-0.3, -0.25) is 24.0 Å². The minimum Gasteiger partial charge on any atom is -0.450 e. The largest absolute Gasteiger partial charge is 0.450 e. The number of amides is 5. The number of halogens is 3. The van der Waals surface area contributed by atoms with Crippen molar-refractivity contribution in [3.8, 4) is 0 Å². The van der Waals surface area contributed by atoms with Crippen LogP contribution < -0.4 is 15.4 Å². The van der Waals surface area contributed by atoms with Crippen LogP contribution in [-0.2, 0) is 53.4 Å². The van der Waals surface area contributed by atoms with E-state index in [1.54, 1.807) is 0 Å². The summed E-state index contributed by atoms with van der Waals surface area (Å²) in [7, 11) is -4.01. The van der Waals surface area contributed by atoms with Crippen LogP contribution in [0.5, 0.6) is 0 Å². The van der Waals surface area contributed by atoms with Gasteiger partial charge in [-0.1, -0.05) is 37.1 Å². The molecule has 5 aliphatic rings. The summed E-state index contributed by atoms with van der Waals surface area (Å²) in [5, 5.41) is 3.79. The fourth-order valence-corrected chi connectivity index (χ4v) is 8.58. The van der Waals surface area contributed by atoms with Crippen LogP contribution in [0.3, 0.4) is 0 Å². The van der Waals surface area contributed by atoms with Gasteiger partial charge < -0.3 is 25.0 Å². The summed E-state index contributed by atoms with van der Waals surface area (Å²) in [6.45, 7) is 3.58. The molecule has 5 amide bonds. The second kappa shape index (κ2) is 14.6. The van der Waals surface area contributed by atoms with Gasteiger partial charge in [-0.05, 0) is 55.2 Å². The zero-order chi connectivity index (χ0) is 37.4. The van der Waals surface area contributed by atoms with E-state index < -0.39 is 94.0 Å². The monoisotopic (exact) mass is 753 g/mol. The number of carbonyl (C=O) groups excluding carboxylic acids is 5. The zero-order valence-electron chi connectivity index (χ0n) is 28.4. The highest BCUT2D eigenvalue weighted by molar-refractivity contribution is 7.91. The van der Waals surface area contributed by atoms with E-state index >= 15 is 0 Å². The van der Waals surface area contributed by atoms with Crippen molar-refractivity contribution >= 4 is 39.9 Å². The van der Waals surface area contributed by atoms with Crippen LogP contribution in [0.25, 0.3) is 0 Å². The van der Waals surface area contributed by atoms with E-state index in [4.69, 9.17) is 9.47 Å². The fourth-order valence-electron chi connectivity index (χ4n) is 7.22. The molecule has 6 rings (SSSR count). The number of fused-ring (bicyclic) bond motifs is 3. The summed E-state index contributed by atoms with van der Waals surface area (Å²) < 4.78 is 79.3. The molecule has 3 aliphatic heterocycles. The zero-order valence-corrected chi connectivity index (χ0v) is 29.2. The van der Waals surface area contributed by atoms with Crippen molar-refractivity contribution in [2.24, 2.45) is 5.92 Å². The molecule has 3 heterocycles. The second-order valence-corrected chi connectivity index (χ2v) is 16.1. The number of cyclic esters (lactones) is 1. The number of ether oxygens (including phenoxy) is 2. The summed E-state index contributed by atoms with van der Waals surface area (Å²) in [5.74, 6) is -3.96. The lowest BCUT2D eigenvalue weighted by Crippen LogP contribution is -2.58. The molecule has 18 heteroatoms. The van der Waals surface area contributed by atoms with Crippen molar-refractivity contribution in [1.82, 2.24) is 25.2 Å². The third-order valence-electron chi connectivity index (χ3n) is 10.3. The number of alkyl halides is 3. The Bertz CT molecular complexity index is 1740. The van der Waals surface area contributed by atoms with Gasteiger partial charge >= 0.3 is 18.4 Å². The highest BCUT2D eigenvalue weighted by Crippen LogP contribution is 2.45. The minimum absolute atomic E-state index is 0.0189. The predicted molar refractivity (Wildman–Crippen MR) is 176 cm³/mol. The highest BCUT2D eigenvalue weighted by Gasteiger charge is 2.62. The van der Waals surface area contributed by atoms with Gasteiger partial charge in [0.15, 0.2) is 0 Å². The Morgan fingerprint density at radius 3 is 2.50 bits per heavy atom. The Balaban J connectivity index is 1.26. The second-order valence-electron chi connectivity index (χ2n) is 14.2. The minimum atomic E-state index is -4.92. The Morgan fingerprint density at radius 1 is 1.08 bits per heavy atom. The van der Waals surface area contributed by atoms with Gasteiger partial charge in [0.25, 0.3) is 5.91 Å². The molecular formula is C34H42F3N5O9S. The van der Waals surface area contributed by atoms with E-state index in [0.717, 1.165) is 40.9 Å². The summed E-state index contributed by atoms with van der Waals surface area (Å²) >= 11 is 0. The fraction of sp³-hybridized carbons (Fsp3) is 0.618. The topological polar surface area (TPSA) is 181 Å². The van der Waals surface area contributed by atoms with Crippen LogP contribution in [0.15, 0.2) is 30.9 Å². The lowest BCUT2D eigenvalue weighted by atomic mass is 9.98. The number of nitrogens with zero attached hydrogens (tertiary/aromatic N) is 2. The molecule has 4 bridgehead atoms. The Kier molecular flexibility index (Phi) is 10.5. The van der Waals surface area contributed by atoms with Crippen molar-refractivity contribution in [1.29, 1.82) is 0 Å². The van der Waals surface area contributed by atoms with Crippen LogP contribution in [0, 0.1) is 5.92 Å². The maximum atomic E-state index is 14.0. The smallest absolute Gasteiger partial charge is 0.410 e. The van der Waals surface area contributed by atoms with E-state index in [0.29, 0.717) is 25.7 Å². The van der Waals surface area contributed by atoms with Crippen molar-refractivity contribution in [3.05, 3.63) is 47.5 Å². The van der Waals surface area contributed by atoms with Crippen molar-refractivity contribution in [3.63, 3.8) is 0 Å². The number of alkyl carbamates (subject to hydrolysis) is 1. The van der Waals surface area contributed by atoms with Crippen molar-refractivity contribution < 1.29 is 55.0 Å². The van der Waals surface area contributed by atoms with E-state index in [9.17, 15) is 45.6 Å². The third-order valence-corrected chi connectivity index (χ3v) is 12.1. The molecule has 284 valence electrons. The molecule has 3 N–H and O–H groups in total. The molecule has 0 unspecified atom stereocenters. The number of aryl methyl sites for hydroxylation is 1. The first-order chi connectivity index (χ1) is 24.6. The van der Waals surface area contributed by atoms with Gasteiger partial charge in [-0.15, -0.1) is 6.58 Å². The van der Waals surface area contributed by atoms with Crippen LogP contribution in [-0.4, -0.2) is 96.4 Å². The molecule has 1 aromatic carbocycles. The lowest BCUT2D eigenvalue weighted by molar-refractivity contribution is -0.155. The SMILES string of the molecule is C=C[C@@H]1C[C@]1(NC(=O)[C@@H]1C[C@@H]2CN1C(=O)[C@H](CC(F)(F)F)NC(=O)OCCCCCCc1cccc3c1CN(C3)C(=O)O2)C(=O)NS(=O)(=O)C1CC1.